The molecule has 0 aromatic carbocycles. The standard InChI is InChI=1S/C17H29N5O4S/c23-16(17(5-8-18-9-6-17)22-11-3-7-20-22)19-10-13-27(24,25)21-14-15-4-1-2-12-26-15/h3,7,11,15,18,21H,1-2,4-6,8-10,12-14H2,(H,19,23). The molecule has 152 valence electrons. The van der Waals surface area contributed by atoms with Crippen LogP contribution in [0.15, 0.2) is 18.5 Å². The average Bonchev–Trinajstić information content (AvgIpc) is 3.23. The van der Waals surface area contributed by atoms with Gasteiger partial charge in [0.15, 0.2) is 0 Å². The van der Waals surface area contributed by atoms with Crippen molar-refractivity contribution in [1.29, 1.82) is 0 Å². The molecule has 2 saturated heterocycles. The maximum atomic E-state index is 12.9. The lowest BCUT2D eigenvalue weighted by atomic mass is 9.87. The van der Waals surface area contributed by atoms with Crippen molar-refractivity contribution in [3.05, 3.63) is 18.5 Å². The van der Waals surface area contributed by atoms with E-state index in [-0.39, 0.29) is 24.3 Å². The summed E-state index contributed by atoms with van der Waals surface area (Å²) in [6.07, 6.45) is 7.58. The van der Waals surface area contributed by atoms with Gasteiger partial charge in [-0.3, -0.25) is 9.48 Å². The lowest BCUT2D eigenvalue weighted by Crippen LogP contribution is -2.55. The number of sulfonamides is 1. The van der Waals surface area contributed by atoms with Crippen LogP contribution in [0.25, 0.3) is 0 Å². The van der Waals surface area contributed by atoms with Gasteiger partial charge in [-0.05, 0) is 51.3 Å². The first-order chi connectivity index (χ1) is 13.0. The van der Waals surface area contributed by atoms with Crippen molar-refractivity contribution in [2.45, 2.75) is 43.7 Å². The SMILES string of the molecule is O=C(NCCS(=O)(=O)NCC1CCCCO1)C1(n2cccn2)CCNCC1. The molecule has 0 spiro atoms. The van der Waals surface area contributed by atoms with Crippen LogP contribution in [0, 0.1) is 0 Å². The number of hydrogen-bond donors (Lipinski definition) is 3. The lowest BCUT2D eigenvalue weighted by Gasteiger charge is -2.36. The molecule has 0 radical (unpaired) electrons. The maximum Gasteiger partial charge on any atom is 0.248 e. The monoisotopic (exact) mass is 399 g/mol. The van der Waals surface area contributed by atoms with Crippen LogP contribution >= 0.6 is 0 Å². The fraction of sp³-hybridized carbons (Fsp3) is 0.765. The largest absolute Gasteiger partial charge is 0.377 e. The lowest BCUT2D eigenvalue weighted by molar-refractivity contribution is -0.131. The molecular weight excluding hydrogens is 370 g/mol. The van der Waals surface area contributed by atoms with Crippen LogP contribution in [-0.4, -0.2) is 68.7 Å². The van der Waals surface area contributed by atoms with Gasteiger partial charge in [0, 0.05) is 32.1 Å². The Kier molecular flexibility index (Phi) is 6.85. The molecule has 3 heterocycles. The minimum atomic E-state index is -3.46. The second-order valence-electron chi connectivity index (χ2n) is 7.14. The van der Waals surface area contributed by atoms with E-state index in [1.807, 2.05) is 0 Å². The zero-order valence-electron chi connectivity index (χ0n) is 15.5. The van der Waals surface area contributed by atoms with Gasteiger partial charge in [0.1, 0.15) is 5.54 Å². The Morgan fingerprint density at radius 2 is 2.15 bits per heavy atom. The smallest absolute Gasteiger partial charge is 0.248 e. The Morgan fingerprint density at radius 1 is 1.33 bits per heavy atom. The number of nitrogens with one attached hydrogen (secondary N) is 3. The highest BCUT2D eigenvalue weighted by atomic mass is 32.2. The Morgan fingerprint density at radius 3 is 2.81 bits per heavy atom. The molecule has 1 aromatic heterocycles. The van der Waals surface area contributed by atoms with E-state index in [9.17, 15) is 13.2 Å². The summed E-state index contributed by atoms with van der Waals surface area (Å²) < 4.78 is 34.2. The highest BCUT2D eigenvalue weighted by molar-refractivity contribution is 7.89. The molecule has 9 nitrogen and oxygen atoms in total. The number of nitrogens with zero attached hydrogens (tertiary/aromatic N) is 2. The fourth-order valence-electron chi connectivity index (χ4n) is 3.65. The van der Waals surface area contributed by atoms with Crippen molar-refractivity contribution in [1.82, 2.24) is 25.1 Å². The van der Waals surface area contributed by atoms with Crippen LogP contribution in [0.2, 0.25) is 0 Å². The number of ether oxygens (including phenoxy) is 1. The third-order valence-corrected chi connectivity index (χ3v) is 6.61. The number of rotatable bonds is 8. The summed E-state index contributed by atoms with van der Waals surface area (Å²) in [5, 5.41) is 10.3. The van der Waals surface area contributed by atoms with Gasteiger partial charge in [0.25, 0.3) is 0 Å². The summed E-state index contributed by atoms with van der Waals surface area (Å²) in [6, 6.07) is 1.79. The number of aromatic nitrogens is 2. The van der Waals surface area contributed by atoms with Crippen LogP contribution in [-0.2, 0) is 25.1 Å². The zero-order valence-corrected chi connectivity index (χ0v) is 16.3. The molecular formula is C17H29N5O4S. The number of amides is 1. The molecule has 2 aliphatic rings. The van der Waals surface area contributed by atoms with Crippen LogP contribution in [0.1, 0.15) is 32.1 Å². The second kappa shape index (κ2) is 9.13. The average molecular weight is 400 g/mol. The maximum absolute atomic E-state index is 12.9. The third-order valence-electron chi connectivity index (χ3n) is 5.26. The van der Waals surface area contributed by atoms with Gasteiger partial charge in [0.2, 0.25) is 15.9 Å². The molecule has 0 bridgehead atoms. The highest BCUT2D eigenvalue weighted by Gasteiger charge is 2.41. The van der Waals surface area contributed by atoms with Gasteiger partial charge in [-0.2, -0.15) is 5.10 Å². The van der Waals surface area contributed by atoms with Gasteiger partial charge in [-0.15, -0.1) is 0 Å². The van der Waals surface area contributed by atoms with Crippen LogP contribution < -0.4 is 15.4 Å². The van der Waals surface area contributed by atoms with E-state index in [0.717, 1.165) is 19.3 Å². The molecule has 0 aliphatic carbocycles. The minimum Gasteiger partial charge on any atom is -0.377 e. The first-order valence-corrected chi connectivity index (χ1v) is 11.3. The van der Waals surface area contributed by atoms with E-state index < -0.39 is 15.6 Å². The summed E-state index contributed by atoms with van der Waals surface area (Å²) in [4.78, 5) is 12.9. The Bertz CT molecular complexity index is 695. The predicted molar refractivity (Wildman–Crippen MR) is 101 cm³/mol. The number of piperidine rings is 1. The predicted octanol–water partition coefficient (Wildman–Crippen LogP) is -0.433. The van der Waals surface area contributed by atoms with E-state index in [0.29, 0.717) is 39.1 Å². The third kappa shape index (κ3) is 5.28. The van der Waals surface area contributed by atoms with E-state index in [1.54, 1.807) is 23.1 Å². The fourth-order valence-corrected chi connectivity index (χ4v) is 4.60. The van der Waals surface area contributed by atoms with Crippen molar-refractivity contribution in [2.75, 3.05) is 38.5 Å². The van der Waals surface area contributed by atoms with Gasteiger partial charge < -0.3 is 15.4 Å². The molecule has 1 aromatic rings. The Balaban J connectivity index is 1.50. The number of hydrogen-bond acceptors (Lipinski definition) is 6. The van der Waals surface area contributed by atoms with Crippen LogP contribution in [0.5, 0.6) is 0 Å². The quantitative estimate of drug-likeness (QED) is 0.546. The van der Waals surface area contributed by atoms with Crippen molar-refractivity contribution >= 4 is 15.9 Å². The first kappa shape index (κ1) is 20.2. The molecule has 1 amide bonds. The van der Waals surface area contributed by atoms with Crippen LogP contribution in [0.4, 0.5) is 0 Å². The topological polar surface area (TPSA) is 114 Å². The highest BCUT2D eigenvalue weighted by Crippen LogP contribution is 2.27. The number of carbonyl (C=O) groups excluding carboxylic acids is 1. The Hall–Kier alpha value is -1.49. The summed E-state index contributed by atoms with van der Waals surface area (Å²) in [7, 11) is -3.46. The minimum absolute atomic E-state index is 0.0547. The molecule has 2 fully saturated rings. The molecule has 10 heteroatoms. The first-order valence-electron chi connectivity index (χ1n) is 9.60. The van der Waals surface area contributed by atoms with E-state index in [4.69, 9.17) is 4.74 Å². The van der Waals surface area contributed by atoms with E-state index >= 15 is 0 Å². The molecule has 1 unspecified atom stereocenters. The van der Waals surface area contributed by atoms with Crippen molar-refractivity contribution in [2.24, 2.45) is 0 Å². The van der Waals surface area contributed by atoms with E-state index in [2.05, 4.69) is 20.5 Å². The molecule has 0 saturated carbocycles. The van der Waals surface area contributed by atoms with Crippen molar-refractivity contribution in [3.8, 4) is 0 Å². The molecule has 3 N–H and O–H groups in total. The van der Waals surface area contributed by atoms with Crippen LogP contribution in [0.3, 0.4) is 0 Å². The van der Waals surface area contributed by atoms with E-state index in [1.165, 1.54) is 0 Å². The molecule has 27 heavy (non-hydrogen) atoms. The number of carbonyl (C=O) groups is 1. The zero-order chi connectivity index (χ0) is 19.2. The van der Waals surface area contributed by atoms with Gasteiger partial charge in [-0.25, -0.2) is 13.1 Å². The van der Waals surface area contributed by atoms with Crippen molar-refractivity contribution in [3.63, 3.8) is 0 Å². The van der Waals surface area contributed by atoms with Gasteiger partial charge in [-0.1, -0.05) is 0 Å². The van der Waals surface area contributed by atoms with Gasteiger partial charge in [0.05, 0.1) is 11.9 Å². The summed E-state index contributed by atoms with van der Waals surface area (Å²) in [5.41, 5.74) is -0.762. The molecule has 3 rings (SSSR count). The summed E-state index contributed by atoms with van der Waals surface area (Å²) in [5.74, 6) is -0.336. The Labute approximate surface area is 160 Å². The molecule has 2 aliphatic heterocycles. The van der Waals surface area contributed by atoms with Gasteiger partial charge >= 0.3 is 0 Å². The molecule has 1 atom stereocenters. The summed E-state index contributed by atoms with van der Waals surface area (Å²) >= 11 is 0. The van der Waals surface area contributed by atoms with Crippen molar-refractivity contribution < 1.29 is 17.9 Å². The second-order valence-corrected chi connectivity index (χ2v) is 9.07. The normalized spacial score (nSPS) is 23.0. The summed E-state index contributed by atoms with van der Waals surface area (Å²) in [6.45, 7) is 2.48.